The summed E-state index contributed by atoms with van der Waals surface area (Å²) in [7, 11) is 0. The average molecular weight is 368 g/mol. The highest BCUT2D eigenvalue weighted by molar-refractivity contribution is 6.07. The molecule has 0 spiro atoms. The van der Waals surface area contributed by atoms with Gasteiger partial charge in [-0.2, -0.15) is 0 Å². The lowest BCUT2D eigenvalue weighted by Crippen LogP contribution is -2.39. The molecule has 1 saturated heterocycles. The standard InChI is InChI=1S/C21H28N4O2/c1-21(2,3)20(27)23-14-19(26)24-17-7-8-18(25-11-5-4-6-12-25)15-9-10-22-13-16(15)17/h7-10,13H,4-6,11-12,14H2,1-3H3,(H,23,27)(H,24,26). The molecule has 1 aliphatic heterocycles. The molecule has 0 radical (unpaired) electrons. The highest BCUT2D eigenvalue weighted by atomic mass is 16.2. The van der Waals surface area contributed by atoms with Gasteiger partial charge < -0.3 is 15.5 Å². The Hall–Kier alpha value is -2.63. The van der Waals surface area contributed by atoms with Crippen LogP contribution in [0, 0.1) is 5.41 Å². The minimum Gasteiger partial charge on any atom is -0.371 e. The molecule has 6 nitrogen and oxygen atoms in total. The Morgan fingerprint density at radius 3 is 2.52 bits per heavy atom. The quantitative estimate of drug-likeness (QED) is 0.868. The highest BCUT2D eigenvalue weighted by Crippen LogP contribution is 2.33. The molecular formula is C21H28N4O2. The Labute approximate surface area is 160 Å². The fourth-order valence-electron chi connectivity index (χ4n) is 3.31. The number of fused-ring (bicyclic) bond motifs is 1. The molecule has 1 fully saturated rings. The first-order valence-corrected chi connectivity index (χ1v) is 9.56. The van der Waals surface area contributed by atoms with Crippen LogP contribution in [0.4, 0.5) is 11.4 Å². The van der Waals surface area contributed by atoms with Gasteiger partial charge in [-0.1, -0.05) is 20.8 Å². The number of nitrogens with zero attached hydrogens (tertiary/aromatic N) is 2. The van der Waals surface area contributed by atoms with Crippen molar-refractivity contribution in [1.82, 2.24) is 10.3 Å². The van der Waals surface area contributed by atoms with Crippen LogP contribution in [0.2, 0.25) is 0 Å². The van der Waals surface area contributed by atoms with Crippen LogP contribution in [0.25, 0.3) is 10.8 Å². The van der Waals surface area contributed by atoms with E-state index in [-0.39, 0.29) is 18.4 Å². The minimum atomic E-state index is -0.521. The number of benzene rings is 1. The van der Waals surface area contributed by atoms with Crippen molar-refractivity contribution in [3.63, 3.8) is 0 Å². The average Bonchev–Trinajstić information content (AvgIpc) is 2.66. The van der Waals surface area contributed by atoms with Gasteiger partial charge in [0.2, 0.25) is 11.8 Å². The second kappa shape index (κ2) is 7.94. The Balaban J connectivity index is 1.77. The Bertz CT molecular complexity index is 836. The van der Waals surface area contributed by atoms with Crippen molar-refractivity contribution >= 4 is 34.0 Å². The van der Waals surface area contributed by atoms with Crippen LogP contribution < -0.4 is 15.5 Å². The van der Waals surface area contributed by atoms with Crippen LogP contribution in [-0.4, -0.2) is 36.4 Å². The normalized spacial score (nSPS) is 14.9. The van der Waals surface area contributed by atoms with E-state index in [0.29, 0.717) is 5.69 Å². The molecule has 2 amide bonds. The van der Waals surface area contributed by atoms with Crippen molar-refractivity contribution in [3.8, 4) is 0 Å². The van der Waals surface area contributed by atoms with Crippen LogP contribution in [0.5, 0.6) is 0 Å². The summed E-state index contributed by atoms with van der Waals surface area (Å²) in [5.41, 5.74) is 1.38. The van der Waals surface area contributed by atoms with E-state index >= 15 is 0 Å². The number of pyridine rings is 1. The van der Waals surface area contributed by atoms with Crippen LogP contribution in [0.1, 0.15) is 40.0 Å². The number of aromatic nitrogens is 1. The SMILES string of the molecule is CC(C)(C)C(=O)NCC(=O)Nc1ccc(N2CCCCC2)c2ccncc12. The Kier molecular flexibility index (Phi) is 5.63. The van der Waals surface area contributed by atoms with Crippen LogP contribution in [0.3, 0.4) is 0 Å². The molecule has 3 rings (SSSR count). The van der Waals surface area contributed by atoms with Crippen molar-refractivity contribution in [1.29, 1.82) is 0 Å². The summed E-state index contributed by atoms with van der Waals surface area (Å²) in [5, 5.41) is 7.59. The Morgan fingerprint density at radius 1 is 1.07 bits per heavy atom. The zero-order valence-corrected chi connectivity index (χ0v) is 16.3. The minimum absolute atomic E-state index is 0.0499. The van der Waals surface area contributed by atoms with E-state index < -0.39 is 5.41 Å². The van der Waals surface area contributed by atoms with E-state index in [1.165, 1.54) is 24.9 Å². The number of hydrogen-bond donors (Lipinski definition) is 2. The predicted molar refractivity (Wildman–Crippen MR) is 109 cm³/mol. The summed E-state index contributed by atoms with van der Waals surface area (Å²) in [4.78, 5) is 30.9. The number of piperidine rings is 1. The van der Waals surface area contributed by atoms with Crippen molar-refractivity contribution in [2.24, 2.45) is 5.41 Å². The van der Waals surface area contributed by atoms with E-state index in [2.05, 4.69) is 26.6 Å². The molecule has 0 bridgehead atoms. The molecule has 0 atom stereocenters. The van der Waals surface area contributed by atoms with E-state index in [1.54, 1.807) is 12.4 Å². The van der Waals surface area contributed by atoms with Gasteiger partial charge >= 0.3 is 0 Å². The van der Waals surface area contributed by atoms with Gasteiger partial charge in [0.25, 0.3) is 0 Å². The molecule has 27 heavy (non-hydrogen) atoms. The summed E-state index contributed by atoms with van der Waals surface area (Å²) < 4.78 is 0. The molecule has 1 aromatic heterocycles. The molecule has 0 unspecified atom stereocenters. The largest absolute Gasteiger partial charge is 0.371 e. The third-order valence-corrected chi connectivity index (χ3v) is 4.86. The summed E-state index contributed by atoms with van der Waals surface area (Å²) >= 11 is 0. The number of carbonyl (C=O) groups is 2. The number of nitrogens with one attached hydrogen (secondary N) is 2. The number of carbonyl (C=O) groups excluding carboxylic acids is 2. The number of hydrogen-bond acceptors (Lipinski definition) is 4. The summed E-state index contributed by atoms with van der Waals surface area (Å²) in [5.74, 6) is -0.395. The lowest BCUT2D eigenvalue weighted by molar-refractivity contribution is -0.130. The van der Waals surface area contributed by atoms with Crippen LogP contribution in [0.15, 0.2) is 30.6 Å². The third-order valence-electron chi connectivity index (χ3n) is 4.86. The fourth-order valence-corrected chi connectivity index (χ4v) is 3.31. The van der Waals surface area contributed by atoms with E-state index in [0.717, 1.165) is 23.9 Å². The number of anilines is 2. The molecule has 2 N–H and O–H groups in total. The van der Waals surface area contributed by atoms with Crippen LogP contribution in [-0.2, 0) is 9.59 Å². The van der Waals surface area contributed by atoms with Crippen LogP contribution >= 0.6 is 0 Å². The van der Waals surface area contributed by atoms with E-state index in [4.69, 9.17) is 0 Å². The molecule has 0 aliphatic carbocycles. The summed E-state index contributed by atoms with van der Waals surface area (Å²) in [6, 6.07) is 5.99. The zero-order valence-electron chi connectivity index (χ0n) is 16.3. The van der Waals surface area contributed by atoms with Gasteiger partial charge in [-0.25, -0.2) is 0 Å². The topological polar surface area (TPSA) is 74.3 Å². The first-order chi connectivity index (χ1) is 12.9. The second-order valence-electron chi connectivity index (χ2n) is 8.08. The molecule has 1 aromatic carbocycles. The molecule has 6 heteroatoms. The molecule has 1 aliphatic rings. The maximum atomic E-state index is 12.3. The lowest BCUT2D eigenvalue weighted by atomic mass is 9.96. The summed E-state index contributed by atoms with van der Waals surface area (Å²) in [6.07, 6.45) is 7.26. The van der Waals surface area contributed by atoms with Crippen molar-refractivity contribution in [2.45, 2.75) is 40.0 Å². The van der Waals surface area contributed by atoms with E-state index in [1.807, 2.05) is 32.9 Å². The van der Waals surface area contributed by atoms with Gasteiger partial charge in [0.1, 0.15) is 0 Å². The zero-order chi connectivity index (χ0) is 19.4. The lowest BCUT2D eigenvalue weighted by Gasteiger charge is -2.30. The summed E-state index contributed by atoms with van der Waals surface area (Å²) in [6.45, 7) is 7.52. The highest BCUT2D eigenvalue weighted by Gasteiger charge is 2.21. The van der Waals surface area contributed by atoms with Crippen molar-refractivity contribution < 1.29 is 9.59 Å². The molecule has 2 aromatic rings. The van der Waals surface area contributed by atoms with Crippen molar-refractivity contribution in [3.05, 3.63) is 30.6 Å². The molecule has 2 heterocycles. The van der Waals surface area contributed by atoms with Gasteiger partial charge in [-0.05, 0) is 37.5 Å². The first kappa shape index (κ1) is 19.1. The maximum Gasteiger partial charge on any atom is 0.243 e. The maximum absolute atomic E-state index is 12.3. The number of rotatable bonds is 4. The molecule has 0 saturated carbocycles. The number of amides is 2. The van der Waals surface area contributed by atoms with Gasteiger partial charge in [-0.15, -0.1) is 0 Å². The van der Waals surface area contributed by atoms with E-state index in [9.17, 15) is 9.59 Å². The fraction of sp³-hybridized carbons (Fsp3) is 0.476. The third kappa shape index (κ3) is 4.56. The van der Waals surface area contributed by atoms with Gasteiger partial charge in [-0.3, -0.25) is 14.6 Å². The predicted octanol–water partition coefficient (Wildman–Crippen LogP) is 3.33. The smallest absolute Gasteiger partial charge is 0.243 e. The first-order valence-electron chi connectivity index (χ1n) is 9.56. The van der Waals surface area contributed by atoms with Gasteiger partial charge in [0, 0.05) is 47.4 Å². The molecular weight excluding hydrogens is 340 g/mol. The van der Waals surface area contributed by atoms with Gasteiger partial charge in [0.15, 0.2) is 0 Å². The second-order valence-corrected chi connectivity index (χ2v) is 8.08. The monoisotopic (exact) mass is 368 g/mol. The van der Waals surface area contributed by atoms with Gasteiger partial charge in [0.05, 0.1) is 12.2 Å². The Morgan fingerprint density at radius 2 is 1.81 bits per heavy atom. The van der Waals surface area contributed by atoms with Crippen molar-refractivity contribution in [2.75, 3.05) is 29.9 Å². The molecule has 144 valence electrons.